The van der Waals surface area contributed by atoms with Crippen LogP contribution in [0.4, 0.5) is 5.69 Å². The van der Waals surface area contributed by atoms with E-state index in [-0.39, 0.29) is 5.69 Å². The fourth-order valence-corrected chi connectivity index (χ4v) is 1.57. The highest BCUT2D eigenvalue weighted by Crippen LogP contribution is 2.23. The number of nitro groups is 1. The number of carbonyl (C=O) groups is 2. The molecule has 0 aromatic heterocycles. The highest BCUT2D eigenvalue weighted by Gasteiger charge is 2.17. The average Bonchev–Trinajstić information content (AvgIpc) is 2.43. The molecule has 1 N–H and O–H groups in total. The summed E-state index contributed by atoms with van der Waals surface area (Å²) in [7, 11) is 1.50. The van der Waals surface area contributed by atoms with E-state index in [9.17, 15) is 19.7 Å². The van der Waals surface area contributed by atoms with Gasteiger partial charge in [-0.1, -0.05) is 12.1 Å². The number of hydrogen-bond donors (Lipinski definition) is 1. The van der Waals surface area contributed by atoms with Crippen molar-refractivity contribution in [3.63, 3.8) is 0 Å². The third-order valence-corrected chi connectivity index (χ3v) is 2.86. The van der Waals surface area contributed by atoms with Crippen LogP contribution in [0.25, 0.3) is 0 Å². The van der Waals surface area contributed by atoms with Gasteiger partial charge in [0.25, 0.3) is 5.69 Å². The first kappa shape index (κ1) is 15.4. The number of likely N-dealkylation sites (N-methyl/N-ethyl adjacent to an activating group) is 1. The maximum absolute atomic E-state index is 11.7. The molecule has 0 aliphatic carbocycles. The molecule has 1 aromatic rings. The summed E-state index contributed by atoms with van der Waals surface area (Å²) in [6, 6.07) is 5.54. The second-order valence-electron chi connectivity index (χ2n) is 4.15. The number of non-ortho nitro benzene ring substituents is 1. The molecule has 1 unspecified atom stereocenters. The van der Waals surface area contributed by atoms with Gasteiger partial charge >= 0.3 is 5.97 Å². The van der Waals surface area contributed by atoms with Crippen LogP contribution in [-0.4, -0.2) is 33.9 Å². The molecule has 0 spiro atoms. The summed E-state index contributed by atoms with van der Waals surface area (Å²) in [4.78, 5) is 33.6. The number of rotatable bonds is 5. The lowest BCUT2D eigenvalue weighted by Gasteiger charge is -2.23. The number of aliphatic carboxylic acids is 1. The van der Waals surface area contributed by atoms with Crippen LogP contribution >= 0.6 is 0 Å². The highest BCUT2D eigenvalue weighted by atomic mass is 16.6. The zero-order valence-corrected chi connectivity index (χ0v) is 11.0. The van der Waals surface area contributed by atoms with E-state index in [4.69, 9.17) is 5.11 Å². The van der Waals surface area contributed by atoms with Crippen LogP contribution in [0.3, 0.4) is 0 Å². The van der Waals surface area contributed by atoms with Gasteiger partial charge in [-0.15, -0.1) is 0 Å². The standard InChI is InChI=1S/C13H14N2O5/c1-9(14(2)12(16)6-7-13(17)18)10-4-3-5-11(8-10)15(19)20/h3-9H,1-2H3,(H,17,18)/b7-6+. The second-order valence-corrected chi connectivity index (χ2v) is 4.15. The molecule has 0 aliphatic rings. The van der Waals surface area contributed by atoms with Crippen LogP contribution in [0.5, 0.6) is 0 Å². The first-order chi connectivity index (χ1) is 9.32. The summed E-state index contributed by atoms with van der Waals surface area (Å²) >= 11 is 0. The zero-order chi connectivity index (χ0) is 15.3. The molecule has 1 amide bonds. The Morgan fingerprint density at radius 1 is 1.40 bits per heavy atom. The molecule has 1 aromatic carbocycles. The summed E-state index contributed by atoms with van der Waals surface area (Å²) in [6.45, 7) is 1.70. The molecule has 1 atom stereocenters. The van der Waals surface area contributed by atoms with E-state index in [1.807, 2.05) is 0 Å². The van der Waals surface area contributed by atoms with Crippen molar-refractivity contribution in [3.8, 4) is 0 Å². The van der Waals surface area contributed by atoms with Crippen LogP contribution < -0.4 is 0 Å². The Kier molecular flexibility index (Phi) is 4.96. The minimum Gasteiger partial charge on any atom is -0.478 e. The SMILES string of the molecule is CC(c1cccc([N+](=O)[O-])c1)N(C)C(=O)/C=C/C(=O)O. The van der Waals surface area contributed by atoms with Crippen LogP contribution in [0.15, 0.2) is 36.4 Å². The lowest BCUT2D eigenvalue weighted by Crippen LogP contribution is -2.28. The fourth-order valence-electron chi connectivity index (χ4n) is 1.57. The average molecular weight is 278 g/mol. The van der Waals surface area contributed by atoms with Crippen molar-refractivity contribution in [3.05, 3.63) is 52.1 Å². The van der Waals surface area contributed by atoms with E-state index in [1.54, 1.807) is 13.0 Å². The maximum Gasteiger partial charge on any atom is 0.328 e. The van der Waals surface area contributed by atoms with E-state index < -0.39 is 22.8 Å². The van der Waals surface area contributed by atoms with Gasteiger partial charge in [-0.25, -0.2) is 4.79 Å². The van der Waals surface area contributed by atoms with E-state index in [0.29, 0.717) is 5.56 Å². The number of hydrogen-bond acceptors (Lipinski definition) is 4. The van der Waals surface area contributed by atoms with Crippen molar-refractivity contribution in [1.29, 1.82) is 0 Å². The van der Waals surface area contributed by atoms with Crippen LogP contribution in [0.2, 0.25) is 0 Å². The molecule has 106 valence electrons. The summed E-state index contributed by atoms with van der Waals surface area (Å²) in [5, 5.41) is 19.2. The van der Waals surface area contributed by atoms with Crippen LogP contribution in [-0.2, 0) is 9.59 Å². The molecular weight excluding hydrogens is 264 g/mol. The Morgan fingerprint density at radius 3 is 2.60 bits per heavy atom. The number of carboxylic acid groups (broad SMARTS) is 1. The fraction of sp³-hybridized carbons (Fsp3) is 0.231. The third-order valence-electron chi connectivity index (χ3n) is 2.86. The van der Waals surface area contributed by atoms with E-state index >= 15 is 0 Å². The van der Waals surface area contributed by atoms with E-state index in [1.165, 1.54) is 30.1 Å². The van der Waals surface area contributed by atoms with Gasteiger partial charge in [0.1, 0.15) is 0 Å². The van der Waals surface area contributed by atoms with Gasteiger partial charge in [0.2, 0.25) is 5.91 Å². The second kappa shape index (κ2) is 6.46. The Bertz CT molecular complexity index is 568. The van der Waals surface area contributed by atoms with Crippen molar-refractivity contribution >= 4 is 17.6 Å². The Labute approximate surface area is 115 Å². The topological polar surface area (TPSA) is 101 Å². The summed E-state index contributed by atoms with van der Waals surface area (Å²) in [6.07, 6.45) is 1.69. The minimum atomic E-state index is -1.21. The third kappa shape index (κ3) is 3.91. The van der Waals surface area contributed by atoms with Crippen LogP contribution in [0, 0.1) is 10.1 Å². The van der Waals surface area contributed by atoms with E-state index in [0.717, 1.165) is 12.2 Å². The van der Waals surface area contributed by atoms with E-state index in [2.05, 4.69) is 0 Å². The van der Waals surface area contributed by atoms with Crippen molar-refractivity contribution in [2.24, 2.45) is 0 Å². The molecule has 0 aliphatic heterocycles. The van der Waals surface area contributed by atoms with Crippen molar-refractivity contribution in [2.75, 3.05) is 7.05 Å². The van der Waals surface area contributed by atoms with Crippen molar-refractivity contribution < 1.29 is 19.6 Å². The quantitative estimate of drug-likeness (QED) is 0.502. The molecule has 1 rings (SSSR count). The molecule has 0 saturated carbocycles. The van der Waals surface area contributed by atoms with Gasteiger partial charge in [-0.3, -0.25) is 14.9 Å². The van der Waals surface area contributed by atoms with Gasteiger partial charge in [0, 0.05) is 31.3 Å². The monoisotopic (exact) mass is 278 g/mol. The van der Waals surface area contributed by atoms with Crippen LogP contribution in [0.1, 0.15) is 18.5 Å². The molecule has 0 bridgehead atoms. The largest absolute Gasteiger partial charge is 0.478 e. The maximum atomic E-state index is 11.7. The smallest absolute Gasteiger partial charge is 0.328 e. The van der Waals surface area contributed by atoms with Crippen molar-refractivity contribution in [1.82, 2.24) is 4.90 Å². The Balaban J connectivity index is 2.91. The lowest BCUT2D eigenvalue weighted by atomic mass is 10.1. The number of carboxylic acids is 1. The summed E-state index contributed by atoms with van der Waals surface area (Å²) in [5.74, 6) is -1.71. The molecule has 20 heavy (non-hydrogen) atoms. The highest BCUT2D eigenvalue weighted by molar-refractivity contribution is 5.93. The predicted molar refractivity (Wildman–Crippen MR) is 71.1 cm³/mol. The number of nitro benzene ring substituents is 1. The van der Waals surface area contributed by atoms with Crippen molar-refractivity contribution in [2.45, 2.75) is 13.0 Å². The Morgan fingerprint density at radius 2 is 2.05 bits per heavy atom. The molecule has 0 radical (unpaired) electrons. The predicted octanol–water partition coefficient (Wildman–Crippen LogP) is 1.75. The van der Waals surface area contributed by atoms with Gasteiger partial charge < -0.3 is 10.0 Å². The molecule has 0 heterocycles. The molecule has 7 nitrogen and oxygen atoms in total. The minimum absolute atomic E-state index is 0.0590. The number of carbonyl (C=O) groups excluding carboxylic acids is 1. The lowest BCUT2D eigenvalue weighted by molar-refractivity contribution is -0.384. The summed E-state index contributed by atoms with van der Waals surface area (Å²) in [5.41, 5.74) is 0.537. The molecule has 0 saturated heterocycles. The zero-order valence-electron chi connectivity index (χ0n) is 11.0. The van der Waals surface area contributed by atoms with Gasteiger partial charge in [0.15, 0.2) is 0 Å². The Hall–Kier alpha value is -2.70. The van der Waals surface area contributed by atoms with Gasteiger partial charge in [-0.05, 0) is 12.5 Å². The molecule has 0 fully saturated rings. The number of benzene rings is 1. The molecular formula is C13H14N2O5. The number of nitrogens with zero attached hydrogens (tertiary/aromatic N) is 2. The first-order valence-corrected chi connectivity index (χ1v) is 5.75. The van der Waals surface area contributed by atoms with Gasteiger partial charge in [-0.2, -0.15) is 0 Å². The molecule has 7 heteroatoms. The summed E-state index contributed by atoms with van der Waals surface area (Å²) < 4.78 is 0. The first-order valence-electron chi connectivity index (χ1n) is 5.75. The van der Waals surface area contributed by atoms with Gasteiger partial charge in [0.05, 0.1) is 11.0 Å². The number of amides is 1. The normalized spacial score (nSPS) is 12.1.